The second kappa shape index (κ2) is 9.44. The molecule has 0 unspecified atom stereocenters. The summed E-state index contributed by atoms with van der Waals surface area (Å²) in [5.41, 5.74) is 1.84. The molecular weight excluding hydrogens is 320 g/mol. The van der Waals surface area contributed by atoms with Crippen LogP contribution in [0, 0.1) is 6.92 Å². The Morgan fingerprint density at radius 1 is 1.20 bits per heavy atom. The van der Waals surface area contributed by atoms with Gasteiger partial charge >= 0.3 is 0 Å². The molecule has 2 rings (SSSR count). The third kappa shape index (κ3) is 5.61. The molecule has 0 atom stereocenters. The van der Waals surface area contributed by atoms with Gasteiger partial charge in [0.1, 0.15) is 5.76 Å². The van der Waals surface area contributed by atoms with E-state index in [9.17, 15) is 9.59 Å². The van der Waals surface area contributed by atoms with Crippen molar-refractivity contribution < 1.29 is 18.7 Å². The lowest BCUT2D eigenvalue weighted by molar-refractivity contribution is -0.115. The van der Waals surface area contributed by atoms with Crippen LogP contribution in [-0.4, -0.2) is 32.1 Å². The van der Waals surface area contributed by atoms with Crippen LogP contribution in [0.15, 0.2) is 53.3 Å². The predicted octanol–water partition coefficient (Wildman–Crippen LogP) is 2.51. The fourth-order valence-electron chi connectivity index (χ4n) is 2.12. The van der Waals surface area contributed by atoms with Gasteiger partial charge in [-0.15, -0.1) is 0 Å². The van der Waals surface area contributed by atoms with E-state index < -0.39 is 0 Å². The first-order valence-electron chi connectivity index (χ1n) is 8.00. The van der Waals surface area contributed by atoms with Gasteiger partial charge in [-0.1, -0.05) is 17.7 Å². The van der Waals surface area contributed by atoms with E-state index in [1.165, 1.54) is 12.5 Å². The molecule has 2 amide bonds. The summed E-state index contributed by atoms with van der Waals surface area (Å²) in [5.74, 6) is -0.236. The highest BCUT2D eigenvalue weighted by molar-refractivity contribution is 6.19. The maximum atomic E-state index is 12.4. The van der Waals surface area contributed by atoms with Gasteiger partial charge in [0.2, 0.25) is 0 Å². The second-order valence-corrected chi connectivity index (χ2v) is 5.48. The first-order chi connectivity index (χ1) is 12.1. The summed E-state index contributed by atoms with van der Waals surface area (Å²) < 4.78 is 10.2. The SMILES string of the molecule is COCCCNC(=O)/C(=C\NC(=O)c1ccc(C)cc1)c1ccco1. The van der Waals surface area contributed by atoms with Crippen molar-refractivity contribution in [3.8, 4) is 0 Å². The zero-order valence-corrected chi connectivity index (χ0v) is 14.4. The Labute approximate surface area is 146 Å². The van der Waals surface area contributed by atoms with Gasteiger partial charge in [-0.2, -0.15) is 0 Å². The Hall–Kier alpha value is -2.86. The number of rotatable bonds is 8. The van der Waals surface area contributed by atoms with Gasteiger partial charge in [0.05, 0.1) is 11.8 Å². The van der Waals surface area contributed by atoms with E-state index in [0.29, 0.717) is 30.9 Å². The lowest BCUT2D eigenvalue weighted by Crippen LogP contribution is -2.28. The third-order valence-corrected chi connectivity index (χ3v) is 3.50. The molecule has 0 saturated carbocycles. The van der Waals surface area contributed by atoms with E-state index in [-0.39, 0.29) is 17.4 Å². The molecule has 1 heterocycles. The molecule has 1 aromatic carbocycles. The summed E-state index contributed by atoms with van der Waals surface area (Å²) in [5, 5.41) is 5.42. The molecule has 2 aromatic rings. The van der Waals surface area contributed by atoms with Crippen molar-refractivity contribution in [2.45, 2.75) is 13.3 Å². The quantitative estimate of drug-likeness (QED) is 0.571. The van der Waals surface area contributed by atoms with Gasteiger partial charge < -0.3 is 19.8 Å². The number of methoxy groups -OCH3 is 1. The van der Waals surface area contributed by atoms with Crippen LogP contribution in [0.1, 0.15) is 28.1 Å². The lowest BCUT2D eigenvalue weighted by Gasteiger charge is -2.08. The summed E-state index contributed by atoms with van der Waals surface area (Å²) in [7, 11) is 1.61. The van der Waals surface area contributed by atoms with Crippen molar-refractivity contribution in [1.29, 1.82) is 0 Å². The number of hydrogen-bond donors (Lipinski definition) is 2. The number of furan rings is 1. The molecule has 0 fully saturated rings. The Balaban J connectivity index is 2.07. The summed E-state index contributed by atoms with van der Waals surface area (Å²) in [6, 6.07) is 10.5. The molecule has 0 bridgehead atoms. The monoisotopic (exact) mass is 342 g/mol. The minimum absolute atomic E-state index is 0.253. The highest BCUT2D eigenvalue weighted by Crippen LogP contribution is 2.14. The molecule has 1 aromatic heterocycles. The van der Waals surface area contributed by atoms with Crippen molar-refractivity contribution in [3.05, 3.63) is 65.7 Å². The van der Waals surface area contributed by atoms with Gasteiger partial charge in [0.25, 0.3) is 11.8 Å². The minimum atomic E-state index is -0.324. The van der Waals surface area contributed by atoms with E-state index in [4.69, 9.17) is 9.15 Å². The normalized spacial score (nSPS) is 11.2. The Morgan fingerprint density at radius 3 is 2.60 bits per heavy atom. The van der Waals surface area contributed by atoms with Crippen LogP contribution in [0.3, 0.4) is 0 Å². The van der Waals surface area contributed by atoms with Crippen molar-refractivity contribution in [3.63, 3.8) is 0 Å². The summed E-state index contributed by atoms with van der Waals surface area (Å²) >= 11 is 0. The topological polar surface area (TPSA) is 80.6 Å². The van der Waals surface area contributed by atoms with Crippen LogP contribution in [0.25, 0.3) is 5.57 Å². The van der Waals surface area contributed by atoms with Crippen LogP contribution in [0.2, 0.25) is 0 Å². The lowest BCUT2D eigenvalue weighted by atomic mass is 10.1. The number of nitrogens with one attached hydrogen (secondary N) is 2. The highest BCUT2D eigenvalue weighted by Gasteiger charge is 2.15. The molecule has 132 valence electrons. The Morgan fingerprint density at radius 2 is 1.96 bits per heavy atom. The van der Waals surface area contributed by atoms with Gasteiger partial charge in [-0.25, -0.2) is 0 Å². The molecule has 0 aliphatic rings. The average molecular weight is 342 g/mol. The van der Waals surface area contributed by atoms with E-state index in [0.717, 1.165) is 5.56 Å². The fraction of sp³-hybridized carbons (Fsp3) is 0.263. The molecule has 6 nitrogen and oxygen atoms in total. The minimum Gasteiger partial charge on any atom is -0.464 e. The maximum Gasteiger partial charge on any atom is 0.256 e. The molecule has 6 heteroatoms. The van der Waals surface area contributed by atoms with E-state index in [1.807, 2.05) is 19.1 Å². The molecule has 2 N–H and O–H groups in total. The Bertz CT molecular complexity index is 718. The zero-order chi connectivity index (χ0) is 18.1. The van der Waals surface area contributed by atoms with Crippen LogP contribution >= 0.6 is 0 Å². The van der Waals surface area contributed by atoms with E-state index in [2.05, 4.69) is 10.6 Å². The molecule has 0 aliphatic heterocycles. The number of carbonyl (C=O) groups is 2. The van der Waals surface area contributed by atoms with Gasteiger partial charge in [-0.3, -0.25) is 9.59 Å². The van der Waals surface area contributed by atoms with Gasteiger partial charge in [0.15, 0.2) is 0 Å². The third-order valence-electron chi connectivity index (χ3n) is 3.50. The summed E-state index contributed by atoms with van der Waals surface area (Å²) in [6.45, 7) is 2.98. The van der Waals surface area contributed by atoms with Crippen LogP contribution in [0.5, 0.6) is 0 Å². The van der Waals surface area contributed by atoms with Crippen molar-refractivity contribution in [1.82, 2.24) is 10.6 Å². The molecule has 0 aliphatic carbocycles. The highest BCUT2D eigenvalue weighted by atomic mass is 16.5. The first kappa shape index (κ1) is 18.5. The first-order valence-corrected chi connectivity index (χ1v) is 8.00. The van der Waals surface area contributed by atoms with E-state index >= 15 is 0 Å². The largest absolute Gasteiger partial charge is 0.464 e. The predicted molar refractivity (Wildman–Crippen MR) is 94.8 cm³/mol. The molecule has 25 heavy (non-hydrogen) atoms. The van der Waals surface area contributed by atoms with Gasteiger partial charge in [0, 0.05) is 32.0 Å². The van der Waals surface area contributed by atoms with Crippen LogP contribution in [0.4, 0.5) is 0 Å². The average Bonchev–Trinajstić information content (AvgIpc) is 3.13. The fourth-order valence-corrected chi connectivity index (χ4v) is 2.12. The zero-order valence-electron chi connectivity index (χ0n) is 14.4. The number of hydrogen-bond acceptors (Lipinski definition) is 4. The van der Waals surface area contributed by atoms with Crippen LogP contribution < -0.4 is 10.6 Å². The number of ether oxygens (including phenoxy) is 1. The number of aryl methyl sites for hydroxylation is 1. The molecule has 0 saturated heterocycles. The van der Waals surface area contributed by atoms with Crippen molar-refractivity contribution in [2.75, 3.05) is 20.3 Å². The number of benzene rings is 1. The van der Waals surface area contributed by atoms with Crippen molar-refractivity contribution in [2.24, 2.45) is 0 Å². The van der Waals surface area contributed by atoms with Crippen LogP contribution in [-0.2, 0) is 9.53 Å². The number of carbonyl (C=O) groups excluding carboxylic acids is 2. The molecular formula is C19H22N2O4. The van der Waals surface area contributed by atoms with Gasteiger partial charge in [-0.05, 0) is 37.6 Å². The summed E-state index contributed by atoms with van der Waals surface area (Å²) in [4.78, 5) is 24.6. The molecule has 0 spiro atoms. The smallest absolute Gasteiger partial charge is 0.256 e. The number of amides is 2. The Kier molecular flexibility index (Phi) is 6.98. The summed E-state index contributed by atoms with van der Waals surface area (Å²) in [6.07, 6.45) is 3.54. The standard InChI is InChI=1S/C19H22N2O4/c1-14-6-8-15(9-7-14)18(22)21-13-16(17-5-3-12-25-17)19(23)20-10-4-11-24-2/h3,5-9,12-13H,4,10-11H2,1-2H3,(H,20,23)(H,21,22)/b16-13-. The second-order valence-electron chi connectivity index (χ2n) is 5.48. The van der Waals surface area contributed by atoms with Crippen molar-refractivity contribution >= 4 is 17.4 Å². The van der Waals surface area contributed by atoms with E-state index in [1.54, 1.807) is 31.4 Å². The maximum absolute atomic E-state index is 12.4. The molecule has 0 radical (unpaired) electrons.